The predicted molar refractivity (Wildman–Crippen MR) is 345 cm³/mol. The molecule has 2 bridgehead atoms. The van der Waals surface area contributed by atoms with Gasteiger partial charge >= 0.3 is 5.51 Å². The Morgan fingerprint density at radius 1 is 0.758 bits per heavy atom. The van der Waals surface area contributed by atoms with Crippen LogP contribution in [0.15, 0.2) is 117 Å². The number of nitrogens with zero attached hydrogens (tertiary/aromatic N) is 5. The third-order valence-corrected chi connectivity index (χ3v) is 24.1. The van der Waals surface area contributed by atoms with Gasteiger partial charge < -0.3 is 25.3 Å². The number of fused-ring (bicyclic) bond motifs is 1. The molecule has 4 heterocycles. The monoisotopic (exact) mass is 1310 g/mol. The maximum absolute atomic E-state index is 14.5. The van der Waals surface area contributed by atoms with E-state index in [1.807, 2.05) is 35.1 Å². The van der Waals surface area contributed by atoms with Crippen LogP contribution in [0.25, 0.3) is 0 Å². The number of carbonyl (C=O) groups is 5. The lowest BCUT2D eigenvalue weighted by Gasteiger charge is -2.73. The van der Waals surface area contributed by atoms with Crippen LogP contribution < -0.4 is 25.6 Å². The van der Waals surface area contributed by atoms with E-state index < -0.39 is 82.5 Å². The molecule has 18 nitrogen and oxygen atoms in total. The number of rotatable bonds is 26. The third-order valence-electron chi connectivity index (χ3n) is 20.1. The summed E-state index contributed by atoms with van der Waals surface area (Å²) in [7, 11) is -11.0. The molecule has 5 amide bonds. The van der Waals surface area contributed by atoms with E-state index in [9.17, 15) is 54.0 Å². The van der Waals surface area contributed by atoms with Crippen molar-refractivity contribution in [2.24, 2.45) is 16.2 Å². The first-order valence-electron chi connectivity index (χ1n) is 32.1. The van der Waals surface area contributed by atoms with E-state index in [1.54, 1.807) is 41.5 Å². The third kappa shape index (κ3) is 14.6. The highest BCUT2D eigenvalue weighted by Gasteiger charge is 2.68. The van der Waals surface area contributed by atoms with Gasteiger partial charge in [0, 0.05) is 112 Å². The number of nitrogens with one attached hydrogen (secondary N) is 4. The highest BCUT2D eigenvalue weighted by Crippen LogP contribution is 2.79. The summed E-state index contributed by atoms with van der Waals surface area (Å²) < 4.78 is 100.0. The fraction of sp³-hybridized carbons (Fsp3) is 0.537. The van der Waals surface area contributed by atoms with Crippen molar-refractivity contribution >= 4 is 78.2 Å². The Hall–Kier alpha value is -6.31. The Labute approximate surface area is 536 Å². The number of alkyl halides is 3. The fourth-order valence-electron chi connectivity index (χ4n) is 14.8. The first-order chi connectivity index (χ1) is 43.4. The minimum Gasteiger partial charge on any atom is -0.384 e. The average Bonchev–Trinajstić information content (AvgIpc) is 1.50. The van der Waals surface area contributed by atoms with Gasteiger partial charge in [-0.05, 0) is 154 Å². The molecule has 4 aliphatic heterocycles. The molecule has 12 rings (SSSR count). The molecule has 0 aromatic heterocycles. The highest BCUT2D eigenvalue weighted by atomic mass is 32.2. The quantitative estimate of drug-likeness (QED) is 0.0199. The second kappa shape index (κ2) is 27.0. The van der Waals surface area contributed by atoms with Gasteiger partial charge in [0.05, 0.1) is 21.7 Å². The molecular weight excluding hydrogens is 1230 g/mol. The fourth-order valence-corrected chi connectivity index (χ4v) is 17.8. The molecule has 8 aliphatic rings. The number of amides is 5. The summed E-state index contributed by atoms with van der Waals surface area (Å²) in [6, 6.07) is 21.8. The second-order valence-electron chi connectivity index (χ2n) is 26.9. The molecule has 6 fully saturated rings. The lowest BCUT2D eigenvalue weighted by Crippen LogP contribution is -2.63. The molecular formula is C67H84F3N9O9S3. The topological polar surface area (TPSA) is 218 Å². The van der Waals surface area contributed by atoms with E-state index in [0.29, 0.717) is 53.3 Å². The largest absolute Gasteiger partial charge is 0.501 e. The normalized spacial score (nSPS) is 23.5. The molecule has 2 atom stereocenters. The van der Waals surface area contributed by atoms with Crippen molar-refractivity contribution in [1.82, 2.24) is 29.6 Å². The van der Waals surface area contributed by atoms with E-state index in [-0.39, 0.29) is 29.5 Å². The number of benzene rings is 4. The number of hydrogen-bond acceptors (Lipinski definition) is 16. The Morgan fingerprint density at radius 2 is 1.44 bits per heavy atom. The number of piperidine rings is 1. The number of piperazine rings is 2. The van der Waals surface area contributed by atoms with Crippen LogP contribution in [0.2, 0.25) is 0 Å². The summed E-state index contributed by atoms with van der Waals surface area (Å²) in [5.74, 6) is -2.89. The van der Waals surface area contributed by atoms with Gasteiger partial charge in [0.25, 0.3) is 37.6 Å². The zero-order valence-electron chi connectivity index (χ0n) is 52.2. The van der Waals surface area contributed by atoms with Gasteiger partial charge in [-0.15, -0.1) is 11.8 Å². The summed E-state index contributed by atoms with van der Waals surface area (Å²) in [6.45, 7) is 16.5. The average molecular weight is 1310 g/mol. The lowest BCUT2D eigenvalue weighted by molar-refractivity contribution is -0.182. The number of sulfonamides is 1. The van der Waals surface area contributed by atoms with Crippen LogP contribution in [0.3, 0.4) is 0 Å². The summed E-state index contributed by atoms with van der Waals surface area (Å²) in [5, 5.41) is 8.59. The Morgan fingerprint density at radius 3 is 2.12 bits per heavy atom. The SMILES string of the molecule is CCC12CC(C3=C(CN4CCN(c5ccc(C(=O)NS(=O)(=O)c6ccc(N[C@H](CCN7CCN(CCCCCCNc8cccc9c8C(=O)N(C8CCC(=O)NC8=O)C9=O)CC7)CSc7ccccc7)c(S(=O)(=O)C(F)(F)F)c6)cc5)CC4)CCC(C)(C)C3)(C1)C2. The maximum Gasteiger partial charge on any atom is 0.501 e. The minimum absolute atomic E-state index is 0.00240. The van der Waals surface area contributed by atoms with Gasteiger partial charge in [-0.2, -0.15) is 13.2 Å². The Balaban J connectivity index is 0.657. The molecule has 0 spiro atoms. The van der Waals surface area contributed by atoms with Gasteiger partial charge in [0.2, 0.25) is 11.8 Å². The summed E-state index contributed by atoms with van der Waals surface area (Å²) in [5.41, 5.74) is 0.387. The zero-order valence-corrected chi connectivity index (χ0v) is 54.6. The van der Waals surface area contributed by atoms with E-state index in [0.717, 1.165) is 125 Å². The molecule has 4 aliphatic carbocycles. The number of unbranched alkanes of at least 4 members (excludes halogenated alkanes) is 3. The van der Waals surface area contributed by atoms with Crippen molar-refractivity contribution in [2.45, 2.75) is 143 Å². The van der Waals surface area contributed by atoms with E-state index in [4.69, 9.17) is 0 Å². The Bertz CT molecular complexity index is 3650. The molecule has 4 aromatic rings. The van der Waals surface area contributed by atoms with Gasteiger partial charge in [-0.1, -0.05) is 75.4 Å². The van der Waals surface area contributed by atoms with E-state index in [1.165, 1.54) is 62.4 Å². The number of anilines is 3. The lowest BCUT2D eigenvalue weighted by atomic mass is 9.31. The van der Waals surface area contributed by atoms with Crippen molar-refractivity contribution < 1.29 is 54.0 Å². The molecule has 1 unspecified atom stereocenters. The van der Waals surface area contributed by atoms with Crippen LogP contribution >= 0.6 is 11.8 Å². The van der Waals surface area contributed by atoms with Crippen LogP contribution in [0.5, 0.6) is 0 Å². The van der Waals surface area contributed by atoms with Gasteiger partial charge in [-0.3, -0.25) is 39.1 Å². The summed E-state index contributed by atoms with van der Waals surface area (Å²) in [6.07, 6.45) is 13.1. The standard InChI is InChI=1S/C67H84F3N9O9S3/c1-4-65-43-66(44-65,45-65)53-40-64(2,3)27-25-47(53)41-77-35-37-78(38-36-77)49-19-17-46(18-20-49)60(81)74-91(87,88)51-21-22-54(57(39-51)90(85,86)67(68,69)70)72-48(42-89-50-13-8-7-9-14-50)26-30-76-33-31-75(32-34-76)29-11-6-5-10-28-71-55-16-12-15-52-59(55)63(84)79(62(52)83)56-23-24-58(80)73-61(56)82/h7-9,12-22,39,48,56,71-72H,4-6,10-11,23-38,40-45H2,1-3H3,(H,74,81)(H,73,80,82)/t48-,56?,65?,66?/m1/s1. The number of halogens is 3. The molecule has 3 saturated heterocycles. The minimum atomic E-state index is -6.12. The number of imide groups is 2. The van der Waals surface area contributed by atoms with Crippen LogP contribution in [0.1, 0.15) is 142 Å². The number of thioether (sulfide) groups is 1. The van der Waals surface area contributed by atoms with E-state index in [2.05, 4.69) is 56.3 Å². The van der Waals surface area contributed by atoms with Crippen LogP contribution in [0.4, 0.5) is 30.2 Å². The van der Waals surface area contributed by atoms with Gasteiger partial charge in [-0.25, -0.2) is 21.6 Å². The van der Waals surface area contributed by atoms with Crippen molar-refractivity contribution in [2.75, 3.05) is 99.8 Å². The summed E-state index contributed by atoms with van der Waals surface area (Å²) in [4.78, 5) is 73.7. The predicted octanol–water partition coefficient (Wildman–Crippen LogP) is 9.96. The van der Waals surface area contributed by atoms with Crippen molar-refractivity contribution in [3.63, 3.8) is 0 Å². The molecule has 3 saturated carbocycles. The summed E-state index contributed by atoms with van der Waals surface area (Å²) >= 11 is 1.45. The molecule has 4 aromatic carbocycles. The molecule has 490 valence electrons. The molecule has 91 heavy (non-hydrogen) atoms. The van der Waals surface area contributed by atoms with Crippen LogP contribution in [-0.2, 0) is 29.4 Å². The molecule has 4 N–H and O–H groups in total. The second-order valence-corrected chi connectivity index (χ2v) is 31.6. The van der Waals surface area contributed by atoms with E-state index >= 15 is 0 Å². The number of carbonyl (C=O) groups excluding carboxylic acids is 5. The molecule has 24 heteroatoms. The van der Waals surface area contributed by atoms with Crippen LogP contribution in [-0.4, -0.2) is 168 Å². The van der Waals surface area contributed by atoms with Crippen molar-refractivity contribution in [3.05, 3.63) is 119 Å². The highest BCUT2D eigenvalue weighted by molar-refractivity contribution is 7.99. The van der Waals surface area contributed by atoms with Crippen LogP contribution in [0, 0.1) is 16.2 Å². The maximum atomic E-state index is 14.5. The smallest absolute Gasteiger partial charge is 0.384 e. The zero-order chi connectivity index (χ0) is 64.5. The van der Waals surface area contributed by atoms with Gasteiger partial charge in [0.15, 0.2) is 0 Å². The Kier molecular flexibility index (Phi) is 19.6. The number of hydrogen-bond donors (Lipinski definition) is 4. The first kappa shape index (κ1) is 66.2. The van der Waals surface area contributed by atoms with Gasteiger partial charge in [0.1, 0.15) is 10.9 Å². The first-order valence-corrected chi connectivity index (χ1v) is 36.1. The van der Waals surface area contributed by atoms with Crippen molar-refractivity contribution in [1.29, 1.82) is 0 Å². The van der Waals surface area contributed by atoms with Crippen molar-refractivity contribution in [3.8, 4) is 0 Å². The molecule has 0 radical (unpaired) electrons. The number of allylic oxidation sites excluding steroid dienone is 1. The number of sulfone groups is 1.